The van der Waals surface area contributed by atoms with E-state index in [9.17, 15) is 18.5 Å². The molecule has 0 aromatic carbocycles. The molecule has 0 spiro atoms. The highest BCUT2D eigenvalue weighted by molar-refractivity contribution is 7.85. The molecule has 15 heavy (non-hydrogen) atoms. The molecular weight excluding hydrogens is 226 g/mol. The fraction of sp³-hybridized carbons (Fsp3) is 0.500. The molecule has 0 amide bonds. The molecule has 0 aliphatic heterocycles. The first kappa shape index (κ1) is 11.6. The van der Waals surface area contributed by atoms with Gasteiger partial charge in [0.1, 0.15) is 12.4 Å². The predicted octanol–water partition coefficient (Wildman–Crippen LogP) is -0.233. The van der Waals surface area contributed by atoms with E-state index in [4.69, 9.17) is 0 Å². The Balaban J connectivity index is 2.58. The van der Waals surface area contributed by atoms with Gasteiger partial charge in [-0.2, -0.15) is 8.42 Å². The molecule has 0 bridgehead atoms. The zero-order valence-corrected chi connectivity index (χ0v) is 8.68. The maximum Gasteiger partial charge on any atom is 0.434 e. The SMILES string of the molecule is CS(=O)(=O)OCCn1ccnc1[N+](=O)[O-]. The fourth-order valence-electron chi connectivity index (χ4n) is 0.935. The highest BCUT2D eigenvalue weighted by Crippen LogP contribution is 2.06. The summed E-state index contributed by atoms with van der Waals surface area (Å²) in [5, 5.41) is 10.4. The first-order chi connectivity index (χ1) is 6.90. The molecule has 9 heteroatoms. The molecule has 0 N–H and O–H groups in total. The Morgan fingerprint density at radius 3 is 2.87 bits per heavy atom. The summed E-state index contributed by atoms with van der Waals surface area (Å²) in [6.45, 7) is -0.0978. The number of rotatable bonds is 5. The molecular formula is C6H9N3O5S. The molecule has 1 aromatic heterocycles. The van der Waals surface area contributed by atoms with Gasteiger partial charge in [-0.3, -0.25) is 4.18 Å². The zero-order valence-electron chi connectivity index (χ0n) is 7.86. The average molecular weight is 235 g/mol. The molecule has 1 rings (SSSR count). The maximum absolute atomic E-state index is 10.6. The van der Waals surface area contributed by atoms with Gasteiger partial charge in [0.25, 0.3) is 10.1 Å². The van der Waals surface area contributed by atoms with E-state index in [1.165, 1.54) is 17.0 Å². The van der Waals surface area contributed by atoms with E-state index in [-0.39, 0.29) is 19.1 Å². The quantitative estimate of drug-likeness (QED) is 0.396. The molecule has 0 aliphatic rings. The van der Waals surface area contributed by atoms with Crippen molar-refractivity contribution in [2.45, 2.75) is 6.54 Å². The van der Waals surface area contributed by atoms with E-state index >= 15 is 0 Å². The van der Waals surface area contributed by atoms with Crippen LogP contribution in [-0.2, 0) is 20.8 Å². The van der Waals surface area contributed by atoms with Gasteiger partial charge in [-0.25, -0.2) is 4.57 Å². The first-order valence-electron chi connectivity index (χ1n) is 3.90. The smallest absolute Gasteiger partial charge is 0.390 e. The van der Waals surface area contributed by atoms with Gasteiger partial charge in [0, 0.05) is 0 Å². The van der Waals surface area contributed by atoms with Gasteiger partial charge >= 0.3 is 5.95 Å². The number of aromatic nitrogens is 2. The molecule has 1 aromatic rings. The number of nitrogens with zero attached hydrogens (tertiary/aromatic N) is 3. The van der Waals surface area contributed by atoms with Gasteiger partial charge < -0.3 is 10.1 Å². The molecule has 0 radical (unpaired) electrons. The third-order valence-corrected chi connectivity index (χ3v) is 2.08. The Morgan fingerprint density at radius 1 is 1.67 bits per heavy atom. The van der Waals surface area contributed by atoms with Crippen LogP contribution in [0, 0.1) is 10.1 Å². The Morgan fingerprint density at radius 2 is 2.33 bits per heavy atom. The summed E-state index contributed by atoms with van der Waals surface area (Å²) in [7, 11) is -3.51. The minimum absolute atomic E-state index is 0.0589. The highest BCUT2D eigenvalue weighted by atomic mass is 32.2. The number of hydrogen-bond acceptors (Lipinski definition) is 6. The van der Waals surface area contributed by atoms with Crippen molar-refractivity contribution in [1.29, 1.82) is 0 Å². The van der Waals surface area contributed by atoms with Gasteiger partial charge in [0.15, 0.2) is 0 Å². The summed E-state index contributed by atoms with van der Waals surface area (Å²) in [4.78, 5) is 13.2. The van der Waals surface area contributed by atoms with Crippen LogP contribution in [0.25, 0.3) is 0 Å². The van der Waals surface area contributed by atoms with E-state index in [0.29, 0.717) is 0 Å². The van der Waals surface area contributed by atoms with Crippen LogP contribution >= 0.6 is 0 Å². The molecule has 1 heterocycles. The van der Waals surface area contributed by atoms with Crippen molar-refractivity contribution in [3.8, 4) is 0 Å². The molecule has 0 fully saturated rings. The monoisotopic (exact) mass is 235 g/mol. The second-order valence-corrected chi connectivity index (χ2v) is 4.35. The topological polar surface area (TPSA) is 104 Å². The van der Waals surface area contributed by atoms with E-state index < -0.39 is 15.0 Å². The Bertz CT molecular complexity index is 451. The second-order valence-electron chi connectivity index (χ2n) is 2.70. The minimum Gasteiger partial charge on any atom is -0.390 e. The van der Waals surface area contributed by atoms with Gasteiger partial charge in [-0.1, -0.05) is 4.98 Å². The van der Waals surface area contributed by atoms with E-state index in [2.05, 4.69) is 9.17 Å². The molecule has 84 valence electrons. The Kier molecular flexibility index (Phi) is 3.37. The summed E-state index contributed by atoms with van der Waals surface area (Å²) >= 11 is 0. The molecule has 0 saturated heterocycles. The lowest BCUT2D eigenvalue weighted by atomic mass is 10.6. The lowest BCUT2D eigenvalue weighted by molar-refractivity contribution is -0.396. The van der Waals surface area contributed by atoms with Gasteiger partial charge in [-0.05, 0) is 4.92 Å². The lowest BCUT2D eigenvalue weighted by Gasteiger charge is -2.01. The van der Waals surface area contributed by atoms with Crippen LogP contribution in [-0.4, -0.2) is 35.8 Å². The minimum atomic E-state index is -3.51. The highest BCUT2D eigenvalue weighted by Gasteiger charge is 2.14. The van der Waals surface area contributed by atoms with Crippen molar-refractivity contribution < 1.29 is 17.5 Å². The van der Waals surface area contributed by atoms with Crippen molar-refractivity contribution >= 4 is 16.1 Å². The van der Waals surface area contributed by atoms with Crippen LogP contribution in [0.5, 0.6) is 0 Å². The fourth-order valence-corrected chi connectivity index (χ4v) is 1.31. The largest absolute Gasteiger partial charge is 0.434 e. The molecule has 0 unspecified atom stereocenters. The van der Waals surface area contributed by atoms with Gasteiger partial charge in [0.2, 0.25) is 0 Å². The zero-order chi connectivity index (χ0) is 11.5. The van der Waals surface area contributed by atoms with Crippen molar-refractivity contribution in [2.24, 2.45) is 0 Å². The second kappa shape index (κ2) is 4.36. The van der Waals surface area contributed by atoms with Gasteiger partial charge in [-0.15, -0.1) is 0 Å². The number of nitro groups is 1. The maximum atomic E-state index is 10.6. The summed E-state index contributed by atoms with van der Waals surface area (Å²) in [5.74, 6) is -0.341. The van der Waals surface area contributed by atoms with Crippen molar-refractivity contribution in [2.75, 3.05) is 12.9 Å². The number of imidazole rings is 1. The average Bonchev–Trinajstić information content (AvgIpc) is 2.49. The summed E-state index contributed by atoms with van der Waals surface area (Å²) in [5.41, 5.74) is 0. The molecule has 0 atom stereocenters. The lowest BCUT2D eigenvalue weighted by Crippen LogP contribution is -2.11. The summed E-state index contributed by atoms with van der Waals surface area (Å²) < 4.78 is 26.8. The molecule has 0 saturated carbocycles. The van der Waals surface area contributed by atoms with Crippen LogP contribution < -0.4 is 0 Å². The van der Waals surface area contributed by atoms with Crippen LogP contribution in [0.4, 0.5) is 5.95 Å². The van der Waals surface area contributed by atoms with Crippen molar-refractivity contribution in [3.05, 3.63) is 22.5 Å². The third-order valence-electron chi connectivity index (χ3n) is 1.49. The standard InChI is InChI=1S/C6H9N3O5S/c1-15(12,13)14-5-4-8-3-2-7-6(8)9(10)11/h2-3H,4-5H2,1H3. The van der Waals surface area contributed by atoms with Crippen molar-refractivity contribution in [3.63, 3.8) is 0 Å². The van der Waals surface area contributed by atoms with Crippen LogP contribution in [0.1, 0.15) is 0 Å². The third kappa shape index (κ3) is 3.64. The number of hydrogen-bond donors (Lipinski definition) is 0. The predicted molar refractivity (Wildman–Crippen MR) is 49.7 cm³/mol. The van der Waals surface area contributed by atoms with Crippen LogP contribution in [0.2, 0.25) is 0 Å². The van der Waals surface area contributed by atoms with Crippen LogP contribution in [0.15, 0.2) is 12.4 Å². The Hall–Kier alpha value is -1.48. The summed E-state index contributed by atoms with van der Waals surface area (Å²) in [6.07, 6.45) is 3.55. The normalized spacial score (nSPS) is 11.5. The van der Waals surface area contributed by atoms with E-state index in [0.717, 1.165) is 6.26 Å². The van der Waals surface area contributed by atoms with Crippen molar-refractivity contribution in [1.82, 2.24) is 9.55 Å². The van der Waals surface area contributed by atoms with E-state index in [1.54, 1.807) is 0 Å². The van der Waals surface area contributed by atoms with Crippen LogP contribution in [0.3, 0.4) is 0 Å². The first-order valence-corrected chi connectivity index (χ1v) is 5.72. The Labute approximate surface area is 85.8 Å². The molecule has 8 nitrogen and oxygen atoms in total. The molecule has 0 aliphatic carbocycles. The summed E-state index contributed by atoms with van der Waals surface area (Å²) in [6, 6.07) is 0. The van der Waals surface area contributed by atoms with E-state index in [1.807, 2.05) is 0 Å². The van der Waals surface area contributed by atoms with Gasteiger partial charge in [0.05, 0.1) is 19.4 Å².